The van der Waals surface area contributed by atoms with Gasteiger partial charge < -0.3 is 14.9 Å². The van der Waals surface area contributed by atoms with Crippen molar-refractivity contribution < 1.29 is 14.7 Å². The van der Waals surface area contributed by atoms with Gasteiger partial charge in [0.2, 0.25) is 11.8 Å². The van der Waals surface area contributed by atoms with Crippen molar-refractivity contribution in [2.24, 2.45) is 17.3 Å². The monoisotopic (exact) mass is 310 g/mol. The molecule has 0 spiro atoms. The Balaban J connectivity index is 1.80. The van der Waals surface area contributed by atoms with E-state index in [9.17, 15) is 14.7 Å². The van der Waals surface area contributed by atoms with Crippen LogP contribution in [0, 0.1) is 17.3 Å². The molecule has 0 aromatic heterocycles. The van der Waals surface area contributed by atoms with Gasteiger partial charge in [-0.15, -0.1) is 0 Å². The van der Waals surface area contributed by atoms with Gasteiger partial charge >= 0.3 is 0 Å². The summed E-state index contributed by atoms with van der Waals surface area (Å²) in [4.78, 5) is 28.3. The van der Waals surface area contributed by atoms with Gasteiger partial charge in [-0.3, -0.25) is 9.59 Å². The van der Waals surface area contributed by atoms with Gasteiger partial charge in [0.1, 0.15) is 0 Å². The number of carbonyl (C=O) groups is 2. The maximum Gasteiger partial charge on any atom is 0.227 e. The molecule has 1 saturated carbocycles. The van der Waals surface area contributed by atoms with E-state index in [1.165, 1.54) is 0 Å². The van der Waals surface area contributed by atoms with Gasteiger partial charge in [-0.25, -0.2) is 0 Å². The second-order valence-electron chi connectivity index (χ2n) is 7.94. The summed E-state index contributed by atoms with van der Waals surface area (Å²) in [5, 5.41) is 9.96. The van der Waals surface area contributed by atoms with Crippen molar-refractivity contribution in [1.82, 2.24) is 9.80 Å². The fourth-order valence-electron chi connectivity index (χ4n) is 3.12. The second kappa shape index (κ2) is 6.57. The van der Waals surface area contributed by atoms with E-state index >= 15 is 0 Å². The average molecular weight is 310 g/mol. The van der Waals surface area contributed by atoms with Crippen LogP contribution >= 0.6 is 0 Å². The van der Waals surface area contributed by atoms with Gasteiger partial charge in [0.05, 0.1) is 6.10 Å². The zero-order valence-electron chi connectivity index (χ0n) is 14.3. The molecule has 1 N–H and O–H groups in total. The molecule has 0 bridgehead atoms. The minimum absolute atomic E-state index is 0.0135. The molecule has 1 unspecified atom stereocenters. The maximum atomic E-state index is 12.5. The van der Waals surface area contributed by atoms with Gasteiger partial charge in [0.25, 0.3) is 0 Å². The summed E-state index contributed by atoms with van der Waals surface area (Å²) < 4.78 is 0. The van der Waals surface area contributed by atoms with E-state index in [0.29, 0.717) is 25.6 Å². The zero-order chi connectivity index (χ0) is 16.5. The minimum Gasteiger partial charge on any atom is -0.391 e. The Morgan fingerprint density at radius 3 is 2.18 bits per heavy atom. The molecule has 2 amide bonds. The van der Waals surface area contributed by atoms with E-state index in [0.717, 1.165) is 25.7 Å². The van der Waals surface area contributed by atoms with Crippen LogP contribution in [0.5, 0.6) is 0 Å². The first-order valence-electron chi connectivity index (χ1n) is 8.42. The van der Waals surface area contributed by atoms with Gasteiger partial charge in [0.15, 0.2) is 0 Å². The van der Waals surface area contributed by atoms with Crippen LogP contribution in [0.25, 0.3) is 0 Å². The number of amides is 2. The largest absolute Gasteiger partial charge is 0.391 e. The van der Waals surface area contributed by atoms with Crippen molar-refractivity contribution in [1.29, 1.82) is 0 Å². The fourth-order valence-corrected chi connectivity index (χ4v) is 3.12. The van der Waals surface area contributed by atoms with Crippen LogP contribution in [0.3, 0.4) is 0 Å². The zero-order valence-corrected chi connectivity index (χ0v) is 14.3. The predicted molar refractivity (Wildman–Crippen MR) is 85.1 cm³/mol. The lowest BCUT2D eigenvalue weighted by Crippen LogP contribution is -2.47. The van der Waals surface area contributed by atoms with Crippen molar-refractivity contribution in [3.05, 3.63) is 0 Å². The van der Waals surface area contributed by atoms with Crippen LogP contribution in [0.2, 0.25) is 0 Å². The van der Waals surface area contributed by atoms with Crippen LogP contribution in [0.4, 0.5) is 0 Å². The van der Waals surface area contributed by atoms with E-state index in [1.54, 1.807) is 11.9 Å². The summed E-state index contributed by atoms with van der Waals surface area (Å²) in [5.74, 6) is 0.653. The number of likely N-dealkylation sites (N-methyl/N-ethyl adjacent to an activating group) is 1. The molecule has 1 heterocycles. The number of rotatable bonds is 4. The number of nitrogens with zero attached hydrogens (tertiary/aromatic N) is 2. The normalized spacial score (nSPS) is 21.6. The first kappa shape index (κ1) is 17.3. The molecular weight excluding hydrogens is 280 g/mol. The summed E-state index contributed by atoms with van der Waals surface area (Å²) >= 11 is 0. The molecule has 5 nitrogen and oxygen atoms in total. The van der Waals surface area contributed by atoms with Crippen molar-refractivity contribution >= 4 is 11.8 Å². The molecule has 2 aliphatic rings. The highest BCUT2D eigenvalue weighted by Crippen LogP contribution is 2.33. The van der Waals surface area contributed by atoms with Crippen molar-refractivity contribution in [2.75, 3.05) is 26.7 Å². The van der Waals surface area contributed by atoms with Gasteiger partial charge in [-0.05, 0) is 31.6 Å². The summed E-state index contributed by atoms with van der Waals surface area (Å²) in [6.07, 6.45) is 3.23. The molecule has 1 aliphatic carbocycles. The lowest BCUT2D eigenvalue weighted by molar-refractivity contribution is -0.144. The molecule has 1 saturated heterocycles. The van der Waals surface area contributed by atoms with Gasteiger partial charge in [-0.1, -0.05) is 20.8 Å². The van der Waals surface area contributed by atoms with Crippen LogP contribution in [0.1, 0.15) is 46.5 Å². The Kier molecular flexibility index (Phi) is 5.15. The predicted octanol–water partition coefficient (Wildman–Crippen LogP) is 1.50. The lowest BCUT2D eigenvalue weighted by atomic mass is 9.90. The molecule has 1 aliphatic heterocycles. The van der Waals surface area contributed by atoms with E-state index in [2.05, 4.69) is 0 Å². The summed E-state index contributed by atoms with van der Waals surface area (Å²) in [6, 6.07) is 0. The quantitative estimate of drug-likeness (QED) is 0.856. The summed E-state index contributed by atoms with van der Waals surface area (Å²) in [5.41, 5.74) is -0.359. The molecule has 2 rings (SSSR count). The molecule has 0 radical (unpaired) electrons. The lowest BCUT2D eigenvalue weighted by Gasteiger charge is -2.36. The van der Waals surface area contributed by atoms with E-state index in [-0.39, 0.29) is 29.3 Å². The number of piperidine rings is 1. The first-order chi connectivity index (χ1) is 10.2. The third-order valence-corrected chi connectivity index (χ3v) is 4.78. The summed E-state index contributed by atoms with van der Waals surface area (Å²) in [7, 11) is 1.78. The molecule has 126 valence electrons. The fraction of sp³-hybridized carbons (Fsp3) is 0.882. The molecular formula is C17H30N2O3. The highest BCUT2D eigenvalue weighted by Gasteiger charge is 2.35. The summed E-state index contributed by atoms with van der Waals surface area (Å²) in [6.45, 7) is 7.54. The van der Waals surface area contributed by atoms with E-state index < -0.39 is 0 Å². The van der Waals surface area contributed by atoms with Crippen LogP contribution in [0.15, 0.2) is 0 Å². The third-order valence-electron chi connectivity index (χ3n) is 4.78. The van der Waals surface area contributed by atoms with Crippen LogP contribution in [-0.4, -0.2) is 59.5 Å². The highest BCUT2D eigenvalue weighted by atomic mass is 16.3. The number of aliphatic hydroxyl groups excluding tert-OH is 1. The Morgan fingerprint density at radius 1 is 1.18 bits per heavy atom. The Hall–Kier alpha value is -1.10. The van der Waals surface area contributed by atoms with E-state index in [1.807, 2.05) is 25.7 Å². The highest BCUT2D eigenvalue weighted by molar-refractivity contribution is 5.82. The van der Waals surface area contributed by atoms with Crippen molar-refractivity contribution in [3.63, 3.8) is 0 Å². The smallest absolute Gasteiger partial charge is 0.227 e. The molecule has 22 heavy (non-hydrogen) atoms. The topological polar surface area (TPSA) is 60.9 Å². The number of hydrogen-bond acceptors (Lipinski definition) is 3. The SMILES string of the molecule is CN(CC(O)C1CC1)C(=O)C1CCN(C(=O)C(C)(C)C)CC1. The Bertz CT molecular complexity index is 418. The number of likely N-dealkylation sites (tertiary alicyclic amines) is 1. The number of aliphatic hydroxyl groups is 1. The average Bonchev–Trinajstić information content (AvgIpc) is 3.29. The van der Waals surface area contributed by atoms with Gasteiger partial charge in [0, 0.05) is 38.0 Å². The second-order valence-corrected chi connectivity index (χ2v) is 7.94. The van der Waals surface area contributed by atoms with Crippen molar-refractivity contribution in [2.45, 2.75) is 52.6 Å². The van der Waals surface area contributed by atoms with E-state index in [4.69, 9.17) is 0 Å². The number of carbonyl (C=O) groups excluding carboxylic acids is 2. The molecule has 0 aromatic rings. The molecule has 5 heteroatoms. The van der Waals surface area contributed by atoms with Crippen molar-refractivity contribution in [3.8, 4) is 0 Å². The third kappa shape index (κ3) is 4.22. The molecule has 1 atom stereocenters. The Morgan fingerprint density at radius 2 is 1.73 bits per heavy atom. The molecule has 2 fully saturated rings. The van der Waals surface area contributed by atoms with Gasteiger partial charge in [-0.2, -0.15) is 0 Å². The van der Waals surface area contributed by atoms with Crippen LogP contribution < -0.4 is 0 Å². The first-order valence-corrected chi connectivity index (χ1v) is 8.42. The maximum absolute atomic E-state index is 12.5. The minimum atomic E-state index is -0.378. The number of hydrogen-bond donors (Lipinski definition) is 1. The van der Waals surface area contributed by atoms with Crippen LogP contribution in [-0.2, 0) is 9.59 Å². The standard InChI is InChI=1S/C17H30N2O3/c1-17(2,3)16(22)19-9-7-13(8-10-19)15(21)18(4)11-14(20)12-5-6-12/h12-14,20H,5-11H2,1-4H3. The molecule has 0 aromatic carbocycles. The Labute approximate surface area is 133 Å².